The van der Waals surface area contributed by atoms with Crippen molar-refractivity contribution in [3.8, 4) is 11.5 Å². The zero-order valence-corrected chi connectivity index (χ0v) is 30.6. The fourth-order valence-corrected chi connectivity index (χ4v) is 5.11. The Morgan fingerprint density at radius 3 is 1.54 bits per heavy atom. The number of likely N-dealkylation sites (N-methyl/N-ethyl adjacent to an activating group) is 1. The molecule has 0 N–H and O–H groups in total. The summed E-state index contributed by atoms with van der Waals surface area (Å²) in [4.78, 5) is 2.16. The van der Waals surface area contributed by atoms with E-state index in [9.17, 15) is 8.78 Å². The second-order valence-corrected chi connectivity index (χ2v) is 13.0. The summed E-state index contributed by atoms with van der Waals surface area (Å²) in [6, 6.07) is 25.1. The Balaban J connectivity index is 0.000000254. The standard InChI is InChI=1S/C21H23BrFNO.C17H15Br2FO/c1-4-12-24(3)13-5-14-25-19-10-11-20(21(23)15-19)16(2)17-6-8-18(22)9-7-17;1-12(13-3-5-14(19)6-4-13)16-8-7-15(11-17(16)20)21-10-2-9-18/h4,6-11,15H,1-2,5,12-14H2,3H3;3-8,11H,1-2,9-10H2. The van der Waals surface area contributed by atoms with Crippen molar-refractivity contribution in [1.29, 1.82) is 0 Å². The number of nitrogens with zero attached hydrogens (tertiary/aromatic N) is 1. The van der Waals surface area contributed by atoms with Crippen LogP contribution in [-0.2, 0) is 0 Å². The minimum Gasteiger partial charge on any atom is -0.493 e. The molecule has 0 aliphatic rings. The Hall–Kier alpha value is -3.04. The van der Waals surface area contributed by atoms with Crippen LogP contribution >= 0.6 is 47.8 Å². The van der Waals surface area contributed by atoms with Gasteiger partial charge in [0.25, 0.3) is 0 Å². The molecule has 0 aliphatic heterocycles. The van der Waals surface area contributed by atoms with E-state index in [0.717, 1.165) is 51.3 Å². The summed E-state index contributed by atoms with van der Waals surface area (Å²) in [6.07, 6.45) is 3.63. The highest BCUT2D eigenvalue weighted by atomic mass is 79.9. The number of halogens is 5. The van der Waals surface area contributed by atoms with E-state index in [2.05, 4.69) is 72.4 Å². The monoisotopic (exact) mass is 815 g/mol. The van der Waals surface area contributed by atoms with Gasteiger partial charge in [0.15, 0.2) is 0 Å². The summed E-state index contributed by atoms with van der Waals surface area (Å²) in [7, 11) is 2.03. The molecule has 0 bridgehead atoms. The molecule has 46 heavy (non-hydrogen) atoms. The number of benzene rings is 4. The van der Waals surface area contributed by atoms with Gasteiger partial charge in [-0.2, -0.15) is 0 Å². The zero-order chi connectivity index (χ0) is 33.5. The van der Waals surface area contributed by atoms with Crippen molar-refractivity contribution in [1.82, 2.24) is 4.90 Å². The molecule has 8 heteroatoms. The van der Waals surface area contributed by atoms with Crippen molar-refractivity contribution >= 4 is 58.9 Å². The first-order valence-electron chi connectivity index (χ1n) is 14.7. The summed E-state index contributed by atoms with van der Waals surface area (Å²) >= 11 is 10.1. The van der Waals surface area contributed by atoms with E-state index < -0.39 is 0 Å². The summed E-state index contributed by atoms with van der Waals surface area (Å²) in [6.45, 7) is 14.6. The first-order chi connectivity index (χ1) is 22.1. The SMILES string of the molecule is C=C(c1ccc(Br)cc1)c1ccc(OCCCBr)cc1F.C=CCN(C)CCCOc1ccc(C(=C)c2ccc(Br)cc2)c(F)c1. The maximum atomic E-state index is 14.4. The van der Waals surface area contributed by atoms with Gasteiger partial charge in [-0.15, -0.1) is 6.58 Å². The molecular formula is C38H38Br3F2NO2. The lowest BCUT2D eigenvalue weighted by atomic mass is 9.99. The minimum absolute atomic E-state index is 0.320. The van der Waals surface area contributed by atoms with E-state index in [-0.39, 0.29) is 11.6 Å². The van der Waals surface area contributed by atoms with Crippen LogP contribution in [-0.4, -0.2) is 43.6 Å². The molecule has 0 saturated carbocycles. The van der Waals surface area contributed by atoms with Crippen LogP contribution in [0.3, 0.4) is 0 Å². The van der Waals surface area contributed by atoms with Gasteiger partial charge in [-0.3, -0.25) is 0 Å². The predicted molar refractivity (Wildman–Crippen MR) is 199 cm³/mol. The summed E-state index contributed by atoms with van der Waals surface area (Å²) in [5.74, 6) is 0.436. The van der Waals surface area contributed by atoms with Crippen molar-refractivity contribution in [2.75, 3.05) is 38.7 Å². The van der Waals surface area contributed by atoms with Crippen molar-refractivity contribution in [3.05, 3.63) is 154 Å². The molecule has 0 aliphatic carbocycles. The number of rotatable bonds is 15. The summed E-state index contributed by atoms with van der Waals surface area (Å²) in [5, 5.41) is 0.869. The number of hydrogen-bond donors (Lipinski definition) is 0. The third kappa shape index (κ3) is 12.0. The molecule has 0 atom stereocenters. The lowest BCUT2D eigenvalue weighted by Crippen LogP contribution is -2.21. The van der Waals surface area contributed by atoms with Crippen molar-refractivity contribution in [2.24, 2.45) is 0 Å². The van der Waals surface area contributed by atoms with E-state index in [0.29, 0.717) is 47.0 Å². The molecule has 0 amide bonds. The Bertz CT molecular complexity index is 1590. The Kier molecular flexibility index (Phi) is 15.9. The molecule has 0 spiro atoms. The highest BCUT2D eigenvalue weighted by Gasteiger charge is 2.11. The van der Waals surface area contributed by atoms with Crippen LogP contribution in [0, 0.1) is 11.6 Å². The highest BCUT2D eigenvalue weighted by molar-refractivity contribution is 9.10. The average Bonchev–Trinajstić information content (AvgIpc) is 3.04. The number of alkyl halides is 1. The van der Waals surface area contributed by atoms with Gasteiger partial charge in [0.1, 0.15) is 23.1 Å². The van der Waals surface area contributed by atoms with Gasteiger partial charge in [-0.1, -0.05) is 91.3 Å². The van der Waals surface area contributed by atoms with Gasteiger partial charge in [-0.25, -0.2) is 8.78 Å². The second kappa shape index (κ2) is 19.6. The van der Waals surface area contributed by atoms with Gasteiger partial charge in [0.2, 0.25) is 0 Å². The topological polar surface area (TPSA) is 21.7 Å². The molecule has 0 radical (unpaired) electrons. The molecular weight excluding hydrogens is 780 g/mol. The normalized spacial score (nSPS) is 10.6. The molecule has 4 aromatic carbocycles. The third-order valence-corrected chi connectivity index (χ3v) is 8.48. The maximum Gasteiger partial charge on any atom is 0.134 e. The third-order valence-electron chi connectivity index (χ3n) is 6.86. The smallest absolute Gasteiger partial charge is 0.134 e. The zero-order valence-electron chi connectivity index (χ0n) is 25.9. The van der Waals surface area contributed by atoms with Crippen molar-refractivity contribution in [2.45, 2.75) is 12.8 Å². The molecule has 0 heterocycles. The summed E-state index contributed by atoms with van der Waals surface area (Å²) in [5.41, 5.74) is 4.08. The maximum absolute atomic E-state index is 14.4. The number of hydrogen-bond acceptors (Lipinski definition) is 3. The summed E-state index contributed by atoms with van der Waals surface area (Å²) < 4.78 is 41.7. The largest absolute Gasteiger partial charge is 0.493 e. The van der Waals surface area contributed by atoms with Crippen molar-refractivity contribution < 1.29 is 18.3 Å². The van der Waals surface area contributed by atoms with Crippen LogP contribution in [0.5, 0.6) is 11.5 Å². The quantitative estimate of drug-likeness (QED) is 0.0678. The molecule has 4 rings (SSSR count). The van der Waals surface area contributed by atoms with Crippen LogP contribution in [0.2, 0.25) is 0 Å². The molecule has 0 fully saturated rings. The van der Waals surface area contributed by atoms with Gasteiger partial charge in [-0.05, 0) is 90.7 Å². The van der Waals surface area contributed by atoms with Crippen LogP contribution in [0.4, 0.5) is 8.78 Å². The molecule has 4 aromatic rings. The number of ether oxygens (including phenoxy) is 2. The van der Waals surface area contributed by atoms with E-state index in [4.69, 9.17) is 9.47 Å². The van der Waals surface area contributed by atoms with E-state index in [1.54, 1.807) is 24.3 Å². The first-order valence-corrected chi connectivity index (χ1v) is 17.4. The fraction of sp³-hybridized carbons (Fsp3) is 0.211. The molecule has 3 nitrogen and oxygen atoms in total. The fourth-order valence-electron chi connectivity index (χ4n) is 4.35. The molecule has 0 unspecified atom stereocenters. The Morgan fingerprint density at radius 1 is 0.717 bits per heavy atom. The lowest BCUT2D eigenvalue weighted by molar-refractivity contribution is 0.272. The van der Waals surface area contributed by atoms with Crippen molar-refractivity contribution in [3.63, 3.8) is 0 Å². The van der Waals surface area contributed by atoms with E-state index in [1.807, 2.05) is 61.7 Å². The van der Waals surface area contributed by atoms with Gasteiger partial charge < -0.3 is 14.4 Å². The highest BCUT2D eigenvalue weighted by Crippen LogP contribution is 2.29. The van der Waals surface area contributed by atoms with E-state index in [1.165, 1.54) is 12.1 Å². The molecule has 0 aromatic heterocycles. The average molecular weight is 818 g/mol. The minimum atomic E-state index is -0.325. The van der Waals surface area contributed by atoms with Gasteiger partial charge in [0.05, 0.1) is 13.2 Å². The first kappa shape index (κ1) is 37.4. The Labute approximate surface area is 297 Å². The van der Waals surface area contributed by atoms with E-state index >= 15 is 0 Å². The van der Waals surface area contributed by atoms with Crippen LogP contribution < -0.4 is 9.47 Å². The Morgan fingerprint density at radius 2 is 1.15 bits per heavy atom. The van der Waals surface area contributed by atoms with Crippen LogP contribution in [0.15, 0.2) is 120 Å². The molecule has 242 valence electrons. The van der Waals surface area contributed by atoms with Gasteiger partial charge >= 0.3 is 0 Å². The second-order valence-electron chi connectivity index (χ2n) is 10.4. The predicted octanol–water partition coefficient (Wildman–Crippen LogP) is 11.3. The lowest BCUT2D eigenvalue weighted by Gasteiger charge is -2.14. The van der Waals surface area contributed by atoms with Crippen LogP contribution in [0.25, 0.3) is 11.1 Å². The molecule has 0 saturated heterocycles. The van der Waals surface area contributed by atoms with Crippen LogP contribution in [0.1, 0.15) is 35.1 Å². The van der Waals surface area contributed by atoms with Gasteiger partial charge in [0, 0.05) is 50.6 Å².